The highest BCUT2D eigenvalue weighted by Gasteiger charge is 2.14. The fraction of sp³-hybridized carbons (Fsp3) is 0.412. The summed E-state index contributed by atoms with van der Waals surface area (Å²) in [4.78, 5) is 16.3. The van der Waals surface area contributed by atoms with E-state index in [4.69, 9.17) is 9.47 Å². The fourth-order valence-corrected chi connectivity index (χ4v) is 3.45. The van der Waals surface area contributed by atoms with Crippen molar-refractivity contribution in [3.63, 3.8) is 0 Å². The van der Waals surface area contributed by atoms with Gasteiger partial charge in [0.2, 0.25) is 23.8 Å². The molecule has 3 N–H and O–H groups in total. The molecular weight excluding hydrogens is 368 g/mol. The van der Waals surface area contributed by atoms with Crippen molar-refractivity contribution in [2.45, 2.75) is 37.4 Å². The lowest BCUT2D eigenvalue weighted by Crippen LogP contribution is -2.24. The van der Waals surface area contributed by atoms with Gasteiger partial charge in [-0.1, -0.05) is 17.8 Å². The van der Waals surface area contributed by atoms with Crippen LogP contribution < -0.4 is 20.2 Å². The van der Waals surface area contributed by atoms with Gasteiger partial charge in [0.15, 0.2) is 11.5 Å². The molecule has 0 saturated heterocycles. The Hall–Kier alpha value is -2.75. The number of nitrogens with one attached hydrogen (secondary N) is 3. The molecule has 1 amide bonds. The Morgan fingerprint density at radius 2 is 2.11 bits per heavy atom. The average molecular weight is 388 g/mol. The van der Waals surface area contributed by atoms with Gasteiger partial charge >= 0.3 is 0 Å². The van der Waals surface area contributed by atoms with Crippen molar-refractivity contribution in [1.29, 1.82) is 0 Å². The second-order valence-corrected chi connectivity index (χ2v) is 7.16. The number of carbonyl (C=O) groups excluding carboxylic acids is 1. The lowest BCUT2D eigenvalue weighted by molar-refractivity contribution is -0.118. The van der Waals surface area contributed by atoms with Crippen LogP contribution in [0.2, 0.25) is 0 Å². The van der Waals surface area contributed by atoms with E-state index in [1.165, 1.54) is 24.6 Å². The van der Waals surface area contributed by atoms with Crippen LogP contribution in [0, 0.1) is 0 Å². The van der Waals surface area contributed by atoms with Gasteiger partial charge in [0, 0.05) is 12.3 Å². The van der Waals surface area contributed by atoms with Crippen LogP contribution in [-0.2, 0) is 11.3 Å². The van der Waals surface area contributed by atoms with E-state index in [0.29, 0.717) is 23.4 Å². The quantitative estimate of drug-likeness (QED) is 0.492. The summed E-state index contributed by atoms with van der Waals surface area (Å²) in [6.07, 6.45) is 4.46. The molecular formula is C17H20N6O3S. The largest absolute Gasteiger partial charge is 0.454 e. The minimum absolute atomic E-state index is 0.0943. The lowest BCUT2D eigenvalue weighted by Gasteiger charge is -2.05. The number of aromatic nitrogens is 3. The van der Waals surface area contributed by atoms with Crippen molar-refractivity contribution in [3.8, 4) is 11.5 Å². The first kappa shape index (κ1) is 17.7. The standard InChI is InChI=1S/C17H20N6O3S/c24-15(18-8-11-5-6-13-14(7-11)26-10-25-13)9-27-17-19-16(22-23-17)21-20-12-3-1-2-4-12/h5-7H,1-4,8-10H2,(H,18,24)(H2,19,21,22,23). The average Bonchev–Trinajstić information content (AvgIpc) is 3.44. The molecule has 1 saturated carbocycles. The Balaban J connectivity index is 1.20. The summed E-state index contributed by atoms with van der Waals surface area (Å²) >= 11 is 1.26. The first-order valence-electron chi connectivity index (χ1n) is 8.78. The van der Waals surface area contributed by atoms with Gasteiger partial charge in [-0.25, -0.2) is 10.5 Å². The van der Waals surface area contributed by atoms with Gasteiger partial charge in [0.1, 0.15) is 0 Å². The number of hydrogen-bond acceptors (Lipinski definition) is 8. The molecule has 0 atom stereocenters. The zero-order valence-corrected chi connectivity index (χ0v) is 15.5. The summed E-state index contributed by atoms with van der Waals surface area (Å²) in [6, 6.07) is 5.62. The van der Waals surface area contributed by atoms with E-state index >= 15 is 0 Å². The fourth-order valence-electron chi connectivity index (χ4n) is 2.82. The molecule has 0 unspecified atom stereocenters. The zero-order valence-electron chi connectivity index (χ0n) is 14.7. The Labute approximate surface area is 160 Å². The highest BCUT2D eigenvalue weighted by atomic mass is 32.2. The smallest absolute Gasteiger partial charge is 0.240 e. The number of H-pyrrole nitrogens is 1. The molecule has 0 radical (unpaired) electrons. The van der Waals surface area contributed by atoms with E-state index in [9.17, 15) is 4.79 Å². The maximum Gasteiger partial charge on any atom is 0.240 e. The van der Waals surface area contributed by atoms with Crippen molar-refractivity contribution in [3.05, 3.63) is 23.8 Å². The van der Waals surface area contributed by atoms with Crippen LogP contribution in [0.3, 0.4) is 0 Å². The van der Waals surface area contributed by atoms with Gasteiger partial charge in [-0.3, -0.25) is 4.79 Å². The van der Waals surface area contributed by atoms with Crippen LogP contribution in [0.1, 0.15) is 31.2 Å². The first-order chi connectivity index (χ1) is 13.3. The third-order valence-corrected chi connectivity index (χ3v) is 5.07. The first-order valence-corrected chi connectivity index (χ1v) is 9.77. The molecule has 1 aliphatic carbocycles. The van der Waals surface area contributed by atoms with E-state index in [-0.39, 0.29) is 18.5 Å². The number of anilines is 1. The minimum Gasteiger partial charge on any atom is -0.454 e. The van der Waals surface area contributed by atoms with Gasteiger partial charge in [0.25, 0.3) is 0 Å². The van der Waals surface area contributed by atoms with Crippen molar-refractivity contribution < 1.29 is 14.3 Å². The predicted octanol–water partition coefficient (Wildman–Crippen LogP) is 2.28. The number of aromatic amines is 1. The summed E-state index contributed by atoms with van der Waals surface area (Å²) in [5, 5.41) is 14.5. The highest BCUT2D eigenvalue weighted by molar-refractivity contribution is 7.99. The van der Waals surface area contributed by atoms with Crippen LogP contribution in [0.25, 0.3) is 0 Å². The second kappa shape index (κ2) is 8.30. The predicted molar refractivity (Wildman–Crippen MR) is 101 cm³/mol. The molecule has 1 aromatic carbocycles. The Morgan fingerprint density at radius 1 is 1.26 bits per heavy atom. The number of nitrogens with zero attached hydrogens (tertiary/aromatic N) is 3. The van der Waals surface area contributed by atoms with Gasteiger partial charge in [0.05, 0.1) is 5.75 Å². The van der Waals surface area contributed by atoms with Gasteiger partial charge in [-0.05, 0) is 43.4 Å². The Bertz CT molecular complexity index is 845. The van der Waals surface area contributed by atoms with E-state index in [0.717, 1.165) is 29.9 Å². The summed E-state index contributed by atoms with van der Waals surface area (Å²) < 4.78 is 10.6. The third kappa shape index (κ3) is 4.70. The molecule has 1 aliphatic heterocycles. The summed E-state index contributed by atoms with van der Waals surface area (Å²) in [5.74, 6) is 2.06. The maximum atomic E-state index is 12.0. The number of hydrazone groups is 1. The zero-order chi connectivity index (χ0) is 18.5. The topological polar surface area (TPSA) is 114 Å². The number of carbonyl (C=O) groups is 1. The molecule has 4 rings (SSSR count). The van der Waals surface area contributed by atoms with Crippen LogP contribution in [0.4, 0.5) is 5.95 Å². The second-order valence-electron chi connectivity index (χ2n) is 6.22. The van der Waals surface area contributed by atoms with E-state index in [2.05, 4.69) is 31.0 Å². The summed E-state index contributed by atoms with van der Waals surface area (Å²) in [5.41, 5.74) is 4.99. The molecule has 27 heavy (non-hydrogen) atoms. The van der Waals surface area contributed by atoms with Crippen molar-refractivity contribution in [1.82, 2.24) is 20.5 Å². The van der Waals surface area contributed by atoms with Crippen LogP contribution in [0.5, 0.6) is 11.5 Å². The number of amides is 1. The molecule has 0 bridgehead atoms. The van der Waals surface area contributed by atoms with Crippen molar-refractivity contribution >= 4 is 29.3 Å². The van der Waals surface area contributed by atoms with Crippen LogP contribution in [0.15, 0.2) is 28.5 Å². The molecule has 142 valence electrons. The molecule has 2 aliphatic rings. The van der Waals surface area contributed by atoms with Gasteiger partial charge in [-0.2, -0.15) is 10.1 Å². The molecule has 2 aromatic rings. The van der Waals surface area contributed by atoms with E-state index in [1.54, 1.807) is 0 Å². The monoisotopic (exact) mass is 388 g/mol. The number of ether oxygens (including phenoxy) is 2. The van der Waals surface area contributed by atoms with E-state index < -0.39 is 0 Å². The van der Waals surface area contributed by atoms with Crippen molar-refractivity contribution in [2.24, 2.45) is 5.10 Å². The molecule has 9 nitrogen and oxygen atoms in total. The normalized spacial score (nSPS) is 15.0. The Morgan fingerprint density at radius 3 is 3.00 bits per heavy atom. The number of hydrogen-bond donors (Lipinski definition) is 3. The number of fused-ring (bicyclic) bond motifs is 1. The van der Waals surface area contributed by atoms with Crippen LogP contribution in [-0.4, -0.2) is 39.3 Å². The van der Waals surface area contributed by atoms with Gasteiger partial charge in [-0.15, -0.1) is 5.10 Å². The number of thioether (sulfide) groups is 1. The number of rotatable bonds is 7. The number of benzene rings is 1. The van der Waals surface area contributed by atoms with Crippen molar-refractivity contribution in [2.75, 3.05) is 18.0 Å². The minimum atomic E-state index is -0.0943. The summed E-state index contributed by atoms with van der Waals surface area (Å²) in [6.45, 7) is 0.663. The molecule has 0 spiro atoms. The molecule has 10 heteroatoms. The Kier molecular flexibility index (Phi) is 5.42. The lowest BCUT2D eigenvalue weighted by atomic mass is 10.2. The summed E-state index contributed by atoms with van der Waals surface area (Å²) in [7, 11) is 0. The van der Waals surface area contributed by atoms with Crippen LogP contribution >= 0.6 is 11.8 Å². The van der Waals surface area contributed by atoms with E-state index in [1.807, 2.05) is 18.2 Å². The molecule has 1 fully saturated rings. The third-order valence-electron chi connectivity index (χ3n) is 4.22. The highest BCUT2D eigenvalue weighted by Crippen LogP contribution is 2.32. The van der Waals surface area contributed by atoms with Gasteiger partial charge < -0.3 is 14.8 Å². The maximum absolute atomic E-state index is 12.0. The molecule has 1 aromatic heterocycles. The SMILES string of the molecule is O=C(CSc1n[nH]c(NN=C2CCCC2)n1)NCc1ccc2c(c1)OCO2. The molecule has 2 heterocycles.